The van der Waals surface area contributed by atoms with Gasteiger partial charge in [-0.3, -0.25) is 9.59 Å². The molecule has 0 spiro atoms. The number of ketones is 1. The van der Waals surface area contributed by atoms with Crippen LogP contribution in [0.25, 0.3) is 10.6 Å². The lowest BCUT2D eigenvalue weighted by Gasteiger charge is -2.13. The van der Waals surface area contributed by atoms with Gasteiger partial charge in [-0.15, -0.1) is 11.3 Å². The Labute approximate surface area is 166 Å². The van der Waals surface area contributed by atoms with Crippen molar-refractivity contribution >= 4 is 34.7 Å². The molecule has 0 bridgehead atoms. The Balaban J connectivity index is 1.60. The van der Waals surface area contributed by atoms with Crippen LogP contribution in [0.15, 0.2) is 60.0 Å². The predicted octanol–water partition coefficient (Wildman–Crippen LogP) is 4.20. The molecule has 2 aromatic carbocycles. The number of aromatic nitrogens is 1. The first kappa shape index (κ1) is 19.4. The zero-order valence-electron chi connectivity index (χ0n) is 15.3. The summed E-state index contributed by atoms with van der Waals surface area (Å²) in [6, 6.07) is 16.0. The monoisotopic (exact) mass is 394 g/mol. The van der Waals surface area contributed by atoms with E-state index in [0.717, 1.165) is 5.56 Å². The third-order valence-corrected chi connectivity index (χ3v) is 4.84. The molecule has 1 heterocycles. The highest BCUT2D eigenvalue weighted by Gasteiger charge is 2.21. The normalized spacial score (nSPS) is 11.5. The maximum atomic E-state index is 12.3. The number of benzene rings is 2. The van der Waals surface area contributed by atoms with Gasteiger partial charge in [0.25, 0.3) is 5.91 Å². The van der Waals surface area contributed by atoms with E-state index in [0.29, 0.717) is 16.3 Å². The smallest absolute Gasteiger partial charge is 0.358 e. The number of hydrogen-bond donors (Lipinski definition) is 1. The van der Waals surface area contributed by atoms with Crippen molar-refractivity contribution < 1.29 is 19.1 Å². The highest BCUT2D eigenvalue weighted by molar-refractivity contribution is 7.13. The first-order valence-corrected chi connectivity index (χ1v) is 9.46. The van der Waals surface area contributed by atoms with Crippen LogP contribution < -0.4 is 5.32 Å². The molecule has 7 heteroatoms. The fourth-order valence-electron chi connectivity index (χ4n) is 2.39. The van der Waals surface area contributed by atoms with Gasteiger partial charge in [-0.05, 0) is 38.1 Å². The Bertz CT molecular complexity index is 997. The van der Waals surface area contributed by atoms with Gasteiger partial charge in [-0.2, -0.15) is 0 Å². The highest BCUT2D eigenvalue weighted by atomic mass is 32.1. The summed E-state index contributed by atoms with van der Waals surface area (Å²) >= 11 is 1.33. The molecule has 142 valence electrons. The molecule has 0 fully saturated rings. The first-order valence-electron chi connectivity index (χ1n) is 8.58. The van der Waals surface area contributed by atoms with E-state index in [2.05, 4.69) is 10.3 Å². The minimum Gasteiger partial charge on any atom is -0.448 e. The topological polar surface area (TPSA) is 85.4 Å². The van der Waals surface area contributed by atoms with Crippen molar-refractivity contribution in [3.8, 4) is 10.6 Å². The zero-order valence-corrected chi connectivity index (χ0v) is 16.2. The minimum absolute atomic E-state index is 0.0571. The van der Waals surface area contributed by atoms with Crippen molar-refractivity contribution in [1.29, 1.82) is 0 Å². The predicted molar refractivity (Wildman–Crippen MR) is 108 cm³/mol. The van der Waals surface area contributed by atoms with Gasteiger partial charge in [-0.1, -0.05) is 30.3 Å². The first-order chi connectivity index (χ1) is 13.4. The number of rotatable bonds is 6. The summed E-state index contributed by atoms with van der Waals surface area (Å²) in [5.74, 6) is -1.19. The molecule has 3 aromatic rings. The van der Waals surface area contributed by atoms with Gasteiger partial charge in [0.1, 0.15) is 5.01 Å². The number of esters is 1. The van der Waals surface area contributed by atoms with Gasteiger partial charge in [-0.25, -0.2) is 9.78 Å². The fourth-order valence-corrected chi connectivity index (χ4v) is 3.18. The summed E-state index contributed by atoms with van der Waals surface area (Å²) in [7, 11) is 0. The van der Waals surface area contributed by atoms with E-state index < -0.39 is 18.0 Å². The standard InChI is InChI=1S/C21H18N2O4S/c1-13(24)15-8-10-17(11-9-15)22-19(25)14(2)27-21(26)18-12-28-20(23-18)16-6-4-3-5-7-16/h3-12,14H,1-2H3,(H,22,25)/t14-/m0/s1. The number of Topliss-reactive ketones (excluding diaryl/α,β-unsaturated/α-hetero) is 1. The lowest BCUT2D eigenvalue weighted by atomic mass is 10.1. The second-order valence-corrected chi connectivity index (χ2v) is 6.93. The van der Waals surface area contributed by atoms with Gasteiger partial charge in [0.15, 0.2) is 17.6 Å². The van der Waals surface area contributed by atoms with Crippen LogP contribution in [0.3, 0.4) is 0 Å². The molecule has 1 amide bonds. The Hall–Kier alpha value is -3.32. The molecule has 1 atom stereocenters. The van der Waals surface area contributed by atoms with Crippen LogP contribution in [0.1, 0.15) is 34.7 Å². The van der Waals surface area contributed by atoms with Crippen LogP contribution >= 0.6 is 11.3 Å². The van der Waals surface area contributed by atoms with Crippen LogP contribution in [0.2, 0.25) is 0 Å². The number of amides is 1. The number of anilines is 1. The number of nitrogens with one attached hydrogen (secondary N) is 1. The Kier molecular flexibility index (Phi) is 5.96. The van der Waals surface area contributed by atoms with Crippen LogP contribution in [0, 0.1) is 0 Å². The van der Waals surface area contributed by atoms with E-state index in [1.165, 1.54) is 25.2 Å². The molecule has 6 nitrogen and oxygen atoms in total. The second-order valence-electron chi connectivity index (χ2n) is 6.07. The lowest BCUT2D eigenvalue weighted by molar-refractivity contribution is -0.123. The number of thiazole rings is 1. The molecular weight excluding hydrogens is 376 g/mol. The van der Waals surface area contributed by atoms with E-state index in [1.54, 1.807) is 29.6 Å². The van der Waals surface area contributed by atoms with Crippen LogP contribution in [-0.2, 0) is 9.53 Å². The van der Waals surface area contributed by atoms with E-state index in [1.807, 2.05) is 30.3 Å². The van der Waals surface area contributed by atoms with E-state index >= 15 is 0 Å². The summed E-state index contributed by atoms with van der Waals surface area (Å²) in [6.07, 6.45) is -0.998. The van der Waals surface area contributed by atoms with Crippen molar-refractivity contribution in [2.45, 2.75) is 20.0 Å². The molecule has 28 heavy (non-hydrogen) atoms. The SMILES string of the molecule is CC(=O)c1ccc(NC(=O)[C@H](C)OC(=O)c2csc(-c3ccccc3)n2)cc1. The van der Waals surface area contributed by atoms with Crippen LogP contribution in [0.4, 0.5) is 5.69 Å². The maximum absolute atomic E-state index is 12.3. The third kappa shape index (κ3) is 4.69. The average Bonchev–Trinajstić information content (AvgIpc) is 3.19. The molecule has 1 aromatic heterocycles. The summed E-state index contributed by atoms with van der Waals surface area (Å²) in [5, 5.41) is 4.96. The van der Waals surface area contributed by atoms with Crippen LogP contribution in [0.5, 0.6) is 0 Å². The van der Waals surface area contributed by atoms with Gasteiger partial charge >= 0.3 is 5.97 Å². The molecule has 0 unspecified atom stereocenters. The van der Waals surface area contributed by atoms with Crippen LogP contribution in [-0.4, -0.2) is 28.7 Å². The van der Waals surface area contributed by atoms with Crippen molar-refractivity contribution in [2.24, 2.45) is 0 Å². The summed E-state index contributed by atoms with van der Waals surface area (Å²) in [5.41, 5.74) is 2.13. The molecule has 0 aliphatic rings. The van der Waals surface area contributed by atoms with E-state index in [-0.39, 0.29) is 11.5 Å². The Morgan fingerprint density at radius 2 is 1.71 bits per heavy atom. The van der Waals surface area contributed by atoms with Gasteiger partial charge in [0, 0.05) is 22.2 Å². The third-order valence-electron chi connectivity index (χ3n) is 3.95. The van der Waals surface area contributed by atoms with E-state index in [4.69, 9.17) is 4.74 Å². The van der Waals surface area contributed by atoms with E-state index in [9.17, 15) is 14.4 Å². The van der Waals surface area contributed by atoms with Gasteiger partial charge < -0.3 is 10.1 Å². The quantitative estimate of drug-likeness (QED) is 0.500. The number of hydrogen-bond acceptors (Lipinski definition) is 6. The fraction of sp³-hybridized carbons (Fsp3) is 0.143. The van der Waals surface area contributed by atoms with Gasteiger partial charge in [0.2, 0.25) is 0 Å². The van der Waals surface area contributed by atoms with Crippen molar-refractivity contribution in [3.05, 3.63) is 71.2 Å². The van der Waals surface area contributed by atoms with Crippen molar-refractivity contribution in [3.63, 3.8) is 0 Å². The molecule has 1 N–H and O–H groups in total. The number of carbonyl (C=O) groups excluding carboxylic acids is 3. The second kappa shape index (κ2) is 8.58. The maximum Gasteiger partial charge on any atom is 0.358 e. The molecule has 0 radical (unpaired) electrons. The number of ether oxygens (including phenoxy) is 1. The minimum atomic E-state index is -0.998. The molecule has 3 rings (SSSR count). The molecule has 0 aliphatic heterocycles. The van der Waals surface area contributed by atoms with Crippen molar-refractivity contribution in [1.82, 2.24) is 4.98 Å². The molecular formula is C21H18N2O4S. The molecule has 0 saturated carbocycles. The Morgan fingerprint density at radius 3 is 2.36 bits per heavy atom. The summed E-state index contributed by atoms with van der Waals surface area (Å²) < 4.78 is 5.22. The number of carbonyl (C=O) groups is 3. The molecule has 0 saturated heterocycles. The lowest BCUT2D eigenvalue weighted by Crippen LogP contribution is -2.30. The summed E-state index contributed by atoms with van der Waals surface area (Å²) in [4.78, 5) is 40.1. The summed E-state index contributed by atoms with van der Waals surface area (Å²) in [6.45, 7) is 2.96. The zero-order chi connectivity index (χ0) is 20.1. The van der Waals surface area contributed by atoms with Gasteiger partial charge in [0.05, 0.1) is 0 Å². The average molecular weight is 394 g/mol. The van der Waals surface area contributed by atoms with Crippen molar-refractivity contribution in [2.75, 3.05) is 5.32 Å². The number of nitrogens with zero attached hydrogens (tertiary/aromatic N) is 1. The molecule has 0 aliphatic carbocycles. The Morgan fingerprint density at radius 1 is 1.04 bits per heavy atom. The largest absolute Gasteiger partial charge is 0.448 e. The highest BCUT2D eigenvalue weighted by Crippen LogP contribution is 2.23.